The van der Waals surface area contributed by atoms with E-state index in [1.54, 1.807) is 11.0 Å². The summed E-state index contributed by atoms with van der Waals surface area (Å²) in [5.41, 5.74) is 6.87. The molecule has 3 heterocycles. The van der Waals surface area contributed by atoms with Crippen molar-refractivity contribution in [3.8, 4) is 0 Å². The van der Waals surface area contributed by atoms with Gasteiger partial charge in [-0.15, -0.1) is 5.10 Å². The number of rotatable bonds is 8. The molecule has 0 saturated carbocycles. The number of pyridine rings is 1. The summed E-state index contributed by atoms with van der Waals surface area (Å²) < 4.78 is 3.75. The lowest BCUT2D eigenvalue weighted by Gasteiger charge is -2.18. The van der Waals surface area contributed by atoms with Gasteiger partial charge in [0.05, 0.1) is 17.2 Å². The van der Waals surface area contributed by atoms with Crippen LogP contribution in [0.15, 0.2) is 79.3 Å². The van der Waals surface area contributed by atoms with Crippen molar-refractivity contribution in [3.63, 3.8) is 0 Å². The third-order valence-corrected chi connectivity index (χ3v) is 6.56. The number of amides is 1. The number of hydrogen-bond acceptors (Lipinski definition) is 4. The Morgan fingerprint density at radius 2 is 1.61 bits per heavy atom. The van der Waals surface area contributed by atoms with Gasteiger partial charge in [0.25, 0.3) is 5.91 Å². The van der Waals surface area contributed by atoms with Crippen molar-refractivity contribution in [2.75, 3.05) is 5.32 Å². The number of aromatic nitrogens is 5. The van der Waals surface area contributed by atoms with Crippen LogP contribution in [0, 0.1) is 0 Å². The summed E-state index contributed by atoms with van der Waals surface area (Å²) in [5, 5.41) is 7.15. The summed E-state index contributed by atoms with van der Waals surface area (Å²) in [6.45, 7) is 6.85. The van der Waals surface area contributed by atoms with Crippen LogP contribution >= 0.6 is 0 Å². The SMILES string of the molecule is CCc1cc2nc(C(c3ccccc3)c3ccccc3)c(CC)n2cc1C(=O)Nc1ncn(CC)n1. The van der Waals surface area contributed by atoms with E-state index >= 15 is 0 Å². The van der Waals surface area contributed by atoms with Gasteiger partial charge in [-0.25, -0.2) is 9.97 Å². The number of aryl methyl sites for hydroxylation is 3. The first-order valence-electron chi connectivity index (χ1n) is 12.5. The Morgan fingerprint density at radius 1 is 0.944 bits per heavy atom. The number of fused-ring (bicyclic) bond motifs is 1. The number of benzene rings is 2. The van der Waals surface area contributed by atoms with E-state index in [0.717, 1.165) is 29.0 Å². The predicted molar refractivity (Wildman–Crippen MR) is 141 cm³/mol. The van der Waals surface area contributed by atoms with E-state index in [0.29, 0.717) is 24.5 Å². The van der Waals surface area contributed by atoms with Crippen LogP contribution in [0.3, 0.4) is 0 Å². The molecule has 1 N–H and O–H groups in total. The smallest absolute Gasteiger partial charge is 0.259 e. The number of imidazole rings is 1. The van der Waals surface area contributed by atoms with E-state index < -0.39 is 0 Å². The monoisotopic (exact) mass is 478 g/mol. The van der Waals surface area contributed by atoms with Gasteiger partial charge in [-0.3, -0.25) is 14.8 Å². The fourth-order valence-corrected chi connectivity index (χ4v) is 4.75. The highest BCUT2D eigenvalue weighted by Gasteiger charge is 2.25. The fraction of sp³-hybridized carbons (Fsp3) is 0.241. The van der Waals surface area contributed by atoms with Crippen LogP contribution in [0.2, 0.25) is 0 Å². The van der Waals surface area contributed by atoms with Crippen LogP contribution in [0.1, 0.15) is 65.1 Å². The minimum Gasteiger partial charge on any atom is -0.303 e. The molecule has 5 aromatic rings. The molecule has 3 aromatic heterocycles. The number of carbonyl (C=O) groups is 1. The molecule has 0 fully saturated rings. The maximum atomic E-state index is 13.3. The third kappa shape index (κ3) is 4.40. The van der Waals surface area contributed by atoms with Crippen molar-refractivity contribution in [2.24, 2.45) is 0 Å². The molecule has 2 aromatic carbocycles. The van der Waals surface area contributed by atoms with Crippen LogP contribution in [0.4, 0.5) is 5.95 Å². The van der Waals surface area contributed by atoms with Crippen LogP contribution in [-0.4, -0.2) is 30.1 Å². The lowest BCUT2D eigenvalue weighted by Crippen LogP contribution is -2.16. The summed E-state index contributed by atoms with van der Waals surface area (Å²) in [7, 11) is 0. The highest BCUT2D eigenvalue weighted by atomic mass is 16.1. The zero-order valence-electron chi connectivity index (χ0n) is 20.8. The maximum Gasteiger partial charge on any atom is 0.259 e. The minimum atomic E-state index is -0.220. The molecular formula is C29H30N6O. The van der Waals surface area contributed by atoms with E-state index in [4.69, 9.17) is 4.98 Å². The molecule has 0 bridgehead atoms. The number of nitrogens with one attached hydrogen (secondary N) is 1. The second-order valence-electron chi connectivity index (χ2n) is 8.72. The Labute approximate surface area is 210 Å². The number of nitrogens with zero attached hydrogens (tertiary/aromatic N) is 5. The van der Waals surface area contributed by atoms with Crippen molar-refractivity contribution >= 4 is 17.5 Å². The largest absolute Gasteiger partial charge is 0.303 e. The van der Waals surface area contributed by atoms with Crippen molar-refractivity contribution in [2.45, 2.75) is 46.1 Å². The number of carbonyl (C=O) groups excluding carboxylic acids is 1. The molecule has 7 heteroatoms. The Hall–Kier alpha value is -4.26. The number of anilines is 1. The molecule has 7 nitrogen and oxygen atoms in total. The van der Waals surface area contributed by atoms with Crippen molar-refractivity contribution in [3.05, 3.63) is 113 Å². The topological polar surface area (TPSA) is 77.1 Å². The summed E-state index contributed by atoms with van der Waals surface area (Å²) in [5.74, 6) is 0.0774. The predicted octanol–water partition coefficient (Wildman–Crippen LogP) is 5.50. The first-order chi connectivity index (χ1) is 17.6. The van der Waals surface area contributed by atoms with E-state index in [9.17, 15) is 4.79 Å². The van der Waals surface area contributed by atoms with Gasteiger partial charge in [-0.2, -0.15) is 0 Å². The molecule has 5 rings (SSSR count). The van der Waals surface area contributed by atoms with Crippen LogP contribution in [0.5, 0.6) is 0 Å². The summed E-state index contributed by atoms with van der Waals surface area (Å²) >= 11 is 0. The summed E-state index contributed by atoms with van der Waals surface area (Å²) in [4.78, 5) is 22.6. The highest BCUT2D eigenvalue weighted by Crippen LogP contribution is 2.34. The second-order valence-corrected chi connectivity index (χ2v) is 8.72. The molecular weight excluding hydrogens is 448 g/mol. The standard InChI is InChI=1S/C29H30N6O/c1-4-20-17-25-31-27(26(21-13-9-7-10-14-21)22-15-11-8-12-16-22)24(5-2)35(25)18-23(20)28(36)32-29-30-19-34(6-3)33-29/h7-19,26H,4-6H2,1-3H3,(H,32,33,36). The minimum absolute atomic E-state index is 0.00758. The summed E-state index contributed by atoms with van der Waals surface area (Å²) in [6, 6.07) is 23.0. The molecule has 182 valence electrons. The van der Waals surface area contributed by atoms with Crippen LogP contribution in [0.25, 0.3) is 5.65 Å². The van der Waals surface area contributed by atoms with Crippen LogP contribution < -0.4 is 5.32 Å². The molecule has 0 aliphatic rings. The highest BCUT2D eigenvalue weighted by molar-refractivity contribution is 6.04. The second kappa shape index (κ2) is 10.2. The molecule has 0 atom stereocenters. The Kier molecular flexibility index (Phi) is 6.62. The zero-order chi connectivity index (χ0) is 25.1. The summed E-state index contributed by atoms with van der Waals surface area (Å²) in [6.07, 6.45) is 5.02. The fourth-order valence-electron chi connectivity index (χ4n) is 4.75. The Balaban J connectivity index is 1.63. The van der Waals surface area contributed by atoms with Crippen molar-refractivity contribution < 1.29 is 4.79 Å². The molecule has 0 unspecified atom stereocenters. The Morgan fingerprint density at radius 3 is 2.17 bits per heavy atom. The maximum absolute atomic E-state index is 13.3. The van der Waals surface area contributed by atoms with E-state index in [2.05, 4.69) is 75.3 Å². The Bertz CT molecular complexity index is 1450. The first kappa shape index (κ1) is 23.5. The lowest BCUT2D eigenvalue weighted by atomic mass is 9.87. The van der Waals surface area contributed by atoms with Gasteiger partial charge in [0.15, 0.2) is 0 Å². The molecule has 0 radical (unpaired) electrons. The molecule has 0 aliphatic heterocycles. The van der Waals surface area contributed by atoms with E-state index in [-0.39, 0.29) is 11.8 Å². The van der Waals surface area contributed by atoms with E-state index in [1.807, 2.05) is 38.2 Å². The molecule has 0 saturated heterocycles. The van der Waals surface area contributed by atoms with Gasteiger partial charge in [-0.05, 0) is 42.5 Å². The van der Waals surface area contributed by atoms with Gasteiger partial charge in [-0.1, -0.05) is 74.5 Å². The zero-order valence-corrected chi connectivity index (χ0v) is 20.8. The van der Waals surface area contributed by atoms with Gasteiger partial charge < -0.3 is 4.40 Å². The molecule has 0 aliphatic carbocycles. The van der Waals surface area contributed by atoms with Gasteiger partial charge in [0, 0.05) is 18.4 Å². The van der Waals surface area contributed by atoms with Crippen LogP contribution in [-0.2, 0) is 19.4 Å². The van der Waals surface area contributed by atoms with Crippen molar-refractivity contribution in [1.82, 2.24) is 24.1 Å². The molecule has 0 spiro atoms. The average Bonchev–Trinajstić information content (AvgIpc) is 3.52. The number of hydrogen-bond donors (Lipinski definition) is 1. The van der Waals surface area contributed by atoms with Gasteiger partial charge in [0.2, 0.25) is 5.95 Å². The third-order valence-electron chi connectivity index (χ3n) is 6.56. The van der Waals surface area contributed by atoms with Gasteiger partial charge in [0.1, 0.15) is 12.0 Å². The molecule has 1 amide bonds. The lowest BCUT2D eigenvalue weighted by molar-refractivity contribution is 0.102. The average molecular weight is 479 g/mol. The quantitative estimate of drug-likeness (QED) is 0.319. The first-order valence-corrected chi connectivity index (χ1v) is 12.5. The molecule has 36 heavy (non-hydrogen) atoms. The van der Waals surface area contributed by atoms with E-state index in [1.165, 1.54) is 11.1 Å². The van der Waals surface area contributed by atoms with Crippen molar-refractivity contribution in [1.29, 1.82) is 0 Å². The van der Waals surface area contributed by atoms with Gasteiger partial charge >= 0.3 is 0 Å². The normalized spacial score (nSPS) is 11.3.